The Morgan fingerprint density at radius 3 is 2.41 bits per heavy atom. The van der Waals surface area contributed by atoms with E-state index < -0.39 is 11.9 Å². The van der Waals surface area contributed by atoms with E-state index in [1.807, 2.05) is 0 Å². The Kier molecular flexibility index (Phi) is 4.56. The van der Waals surface area contributed by atoms with Crippen molar-refractivity contribution in [3.8, 4) is 23.1 Å². The van der Waals surface area contributed by atoms with Gasteiger partial charge in [0.15, 0.2) is 11.3 Å². The number of aromatic nitrogens is 5. The molecular formula is C19H10ClF3N6. The summed E-state index contributed by atoms with van der Waals surface area (Å²) in [5.41, 5.74) is 5.60. The van der Waals surface area contributed by atoms with Gasteiger partial charge >= 0.3 is 6.18 Å². The summed E-state index contributed by atoms with van der Waals surface area (Å²) in [5.74, 6) is 5.69. The zero-order chi connectivity index (χ0) is 20.6. The molecule has 0 unspecified atom stereocenters. The molecule has 1 aromatic carbocycles. The summed E-state index contributed by atoms with van der Waals surface area (Å²) in [4.78, 5) is 4.33. The first-order valence-electron chi connectivity index (χ1n) is 8.14. The van der Waals surface area contributed by atoms with E-state index in [0.717, 1.165) is 10.6 Å². The second-order valence-corrected chi connectivity index (χ2v) is 6.35. The van der Waals surface area contributed by atoms with E-state index in [1.165, 1.54) is 12.3 Å². The number of halogens is 4. The van der Waals surface area contributed by atoms with Crippen LogP contribution in [-0.2, 0) is 6.18 Å². The highest BCUT2D eigenvalue weighted by Gasteiger charge is 2.35. The van der Waals surface area contributed by atoms with Crippen LogP contribution in [0.1, 0.15) is 17.0 Å². The standard InChI is InChI=1S/C19H10ClF3N6/c20-13-4-1-11(2-5-13)15-9-16(19(21,22)23)29-18(26-15)12(10-25-29)3-6-14-7-8-17(24)28-27-14/h1-2,4-5,7-10H,(H2,24,28). The maximum absolute atomic E-state index is 13.6. The van der Waals surface area contributed by atoms with E-state index in [2.05, 4.69) is 32.1 Å². The third kappa shape index (κ3) is 3.83. The lowest BCUT2D eigenvalue weighted by molar-refractivity contribution is -0.142. The molecule has 144 valence electrons. The Balaban J connectivity index is 1.88. The van der Waals surface area contributed by atoms with E-state index in [1.54, 1.807) is 30.3 Å². The molecule has 6 nitrogen and oxygen atoms in total. The summed E-state index contributed by atoms with van der Waals surface area (Å²) in [5, 5.41) is 11.8. The fraction of sp³-hybridized carbons (Fsp3) is 0.0526. The van der Waals surface area contributed by atoms with Crippen molar-refractivity contribution in [2.75, 3.05) is 5.73 Å². The van der Waals surface area contributed by atoms with Gasteiger partial charge in [0.2, 0.25) is 0 Å². The van der Waals surface area contributed by atoms with Gasteiger partial charge in [-0.1, -0.05) is 29.7 Å². The quantitative estimate of drug-likeness (QED) is 0.478. The number of rotatable bonds is 1. The average molecular weight is 415 g/mol. The van der Waals surface area contributed by atoms with Crippen LogP contribution in [0.3, 0.4) is 0 Å². The van der Waals surface area contributed by atoms with Crippen molar-refractivity contribution in [3.05, 3.63) is 70.6 Å². The van der Waals surface area contributed by atoms with Crippen LogP contribution in [0.5, 0.6) is 0 Å². The molecule has 0 bridgehead atoms. The fourth-order valence-corrected chi connectivity index (χ4v) is 2.69. The van der Waals surface area contributed by atoms with Crippen LogP contribution in [0.25, 0.3) is 16.9 Å². The lowest BCUT2D eigenvalue weighted by Gasteiger charge is -2.11. The zero-order valence-corrected chi connectivity index (χ0v) is 15.2. The fourth-order valence-electron chi connectivity index (χ4n) is 2.56. The molecule has 0 radical (unpaired) electrons. The molecule has 10 heteroatoms. The number of alkyl halides is 3. The number of nitrogens with two attached hydrogens (primary N) is 1. The Morgan fingerprint density at radius 2 is 1.76 bits per heavy atom. The van der Waals surface area contributed by atoms with E-state index in [0.29, 0.717) is 16.3 Å². The summed E-state index contributed by atoms with van der Waals surface area (Å²) in [6, 6.07) is 10.3. The van der Waals surface area contributed by atoms with E-state index >= 15 is 0 Å². The maximum Gasteiger partial charge on any atom is 0.433 e. The van der Waals surface area contributed by atoms with Gasteiger partial charge in [-0.25, -0.2) is 9.50 Å². The van der Waals surface area contributed by atoms with Gasteiger partial charge in [-0.05, 0) is 36.3 Å². The minimum atomic E-state index is -4.64. The first kappa shape index (κ1) is 18.7. The average Bonchev–Trinajstić information content (AvgIpc) is 3.09. The van der Waals surface area contributed by atoms with Crippen molar-refractivity contribution >= 4 is 23.1 Å². The first-order valence-corrected chi connectivity index (χ1v) is 8.52. The third-order valence-electron chi connectivity index (χ3n) is 3.91. The van der Waals surface area contributed by atoms with Gasteiger partial charge in [-0.15, -0.1) is 10.2 Å². The number of benzene rings is 1. The molecule has 2 N–H and O–H groups in total. The minimum Gasteiger partial charge on any atom is -0.382 e. The monoisotopic (exact) mass is 414 g/mol. The predicted octanol–water partition coefficient (Wildman–Crippen LogP) is 3.84. The van der Waals surface area contributed by atoms with Crippen molar-refractivity contribution < 1.29 is 13.2 Å². The van der Waals surface area contributed by atoms with Gasteiger partial charge in [-0.2, -0.15) is 18.3 Å². The lowest BCUT2D eigenvalue weighted by Crippen LogP contribution is -2.13. The van der Waals surface area contributed by atoms with Crippen molar-refractivity contribution in [1.82, 2.24) is 24.8 Å². The first-order chi connectivity index (χ1) is 13.8. The summed E-state index contributed by atoms with van der Waals surface area (Å²) in [7, 11) is 0. The summed E-state index contributed by atoms with van der Waals surface area (Å²) < 4.78 is 41.5. The van der Waals surface area contributed by atoms with Crippen LogP contribution in [0.15, 0.2) is 48.7 Å². The Hall–Kier alpha value is -3.64. The van der Waals surface area contributed by atoms with Crippen LogP contribution in [0, 0.1) is 11.8 Å². The molecule has 3 aromatic heterocycles. The second-order valence-electron chi connectivity index (χ2n) is 5.92. The van der Waals surface area contributed by atoms with Crippen LogP contribution in [-0.4, -0.2) is 24.8 Å². The normalized spacial score (nSPS) is 11.3. The molecule has 3 heterocycles. The van der Waals surface area contributed by atoms with Crippen LogP contribution in [0.2, 0.25) is 5.02 Å². The van der Waals surface area contributed by atoms with Gasteiger partial charge in [0.25, 0.3) is 0 Å². The number of hydrogen-bond acceptors (Lipinski definition) is 5. The SMILES string of the molecule is Nc1ccc(C#Cc2cnn3c(C(F)(F)F)cc(-c4ccc(Cl)cc4)nc23)nn1. The van der Waals surface area contributed by atoms with Gasteiger partial charge in [-0.3, -0.25) is 0 Å². The van der Waals surface area contributed by atoms with Crippen molar-refractivity contribution in [1.29, 1.82) is 0 Å². The third-order valence-corrected chi connectivity index (χ3v) is 4.16. The van der Waals surface area contributed by atoms with Gasteiger partial charge in [0.1, 0.15) is 11.5 Å². The molecule has 0 atom stereocenters. The molecule has 4 aromatic rings. The highest BCUT2D eigenvalue weighted by molar-refractivity contribution is 6.30. The number of nitrogen functional groups attached to an aromatic ring is 1. The smallest absolute Gasteiger partial charge is 0.382 e. The molecule has 0 saturated carbocycles. The van der Waals surface area contributed by atoms with E-state index in [4.69, 9.17) is 17.3 Å². The summed E-state index contributed by atoms with van der Waals surface area (Å²) >= 11 is 5.86. The van der Waals surface area contributed by atoms with Crippen LogP contribution in [0.4, 0.5) is 19.0 Å². The van der Waals surface area contributed by atoms with E-state index in [9.17, 15) is 13.2 Å². The molecule has 0 aliphatic heterocycles. The van der Waals surface area contributed by atoms with Gasteiger partial charge in [0, 0.05) is 10.6 Å². The molecule has 0 spiro atoms. The zero-order valence-electron chi connectivity index (χ0n) is 14.4. The van der Waals surface area contributed by atoms with Crippen molar-refractivity contribution in [3.63, 3.8) is 0 Å². The largest absolute Gasteiger partial charge is 0.433 e. The number of nitrogens with zero attached hydrogens (tertiary/aromatic N) is 5. The van der Waals surface area contributed by atoms with Crippen molar-refractivity contribution in [2.45, 2.75) is 6.18 Å². The molecule has 0 fully saturated rings. The summed E-state index contributed by atoms with van der Waals surface area (Å²) in [6.45, 7) is 0. The Morgan fingerprint density at radius 1 is 1.00 bits per heavy atom. The molecule has 4 rings (SSSR count). The number of hydrogen-bond donors (Lipinski definition) is 1. The van der Waals surface area contributed by atoms with Crippen LogP contribution >= 0.6 is 11.6 Å². The Labute approximate surface area is 167 Å². The lowest BCUT2D eigenvalue weighted by atomic mass is 10.1. The number of fused-ring (bicyclic) bond motifs is 1. The van der Waals surface area contributed by atoms with Crippen LogP contribution < -0.4 is 5.73 Å². The minimum absolute atomic E-state index is 0.0271. The molecular weight excluding hydrogens is 405 g/mol. The molecule has 0 aliphatic carbocycles. The molecule has 29 heavy (non-hydrogen) atoms. The van der Waals surface area contributed by atoms with Crippen molar-refractivity contribution in [2.24, 2.45) is 0 Å². The molecule has 0 amide bonds. The topological polar surface area (TPSA) is 82.0 Å². The second kappa shape index (κ2) is 7.07. The summed E-state index contributed by atoms with van der Waals surface area (Å²) in [6.07, 6.45) is -3.41. The predicted molar refractivity (Wildman–Crippen MR) is 101 cm³/mol. The Bertz CT molecular complexity index is 1250. The van der Waals surface area contributed by atoms with E-state index in [-0.39, 0.29) is 22.7 Å². The molecule has 0 saturated heterocycles. The maximum atomic E-state index is 13.6. The highest BCUT2D eigenvalue weighted by atomic mass is 35.5. The molecule has 0 aliphatic rings. The highest BCUT2D eigenvalue weighted by Crippen LogP contribution is 2.32. The van der Waals surface area contributed by atoms with Gasteiger partial charge < -0.3 is 5.73 Å². The van der Waals surface area contributed by atoms with Gasteiger partial charge in [0.05, 0.1) is 17.5 Å². The number of anilines is 1.